The summed E-state index contributed by atoms with van der Waals surface area (Å²) in [6.45, 7) is 25.0. The molecular formula is C35H61N3O10SSi2. The van der Waals surface area contributed by atoms with Crippen molar-refractivity contribution in [3.8, 4) is 0 Å². The Morgan fingerprint density at radius 3 is 2.00 bits per heavy atom. The molecule has 2 aliphatic rings. The first-order chi connectivity index (χ1) is 23.1. The number of nitrogens with zero attached hydrogens (tertiary/aromatic N) is 2. The van der Waals surface area contributed by atoms with Crippen molar-refractivity contribution in [2.75, 3.05) is 6.61 Å². The van der Waals surface area contributed by atoms with Crippen LogP contribution in [-0.2, 0) is 44.0 Å². The number of nitrogens with two attached hydrogens (primary N) is 1. The van der Waals surface area contributed by atoms with E-state index in [1.807, 2.05) is 33.9 Å². The zero-order valence-electron chi connectivity index (χ0n) is 32.9. The molecule has 290 valence electrons. The first-order valence-electron chi connectivity index (χ1n) is 17.8. The fraction of sp³-hybridized carbons (Fsp3) is 0.771. The van der Waals surface area contributed by atoms with Gasteiger partial charge in [0, 0.05) is 18.3 Å². The fourth-order valence-corrected chi connectivity index (χ4v) is 9.52. The Hall–Kier alpha value is -2.22. The van der Waals surface area contributed by atoms with Gasteiger partial charge in [0.15, 0.2) is 28.5 Å². The van der Waals surface area contributed by atoms with Crippen molar-refractivity contribution < 1.29 is 35.8 Å². The summed E-state index contributed by atoms with van der Waals surface area (Å²) in [6.07, 6.45) is 0.943. The fourth-order valence-electron chi connectivity index (χ4n) is 6.02. The van der Waals surface area contributed by atoms with Crippen molar-refractivity contribution in [1.82, 2.24) is 9.13 Å². The number of aromatic nitrogens is 2. The van der Waals surface area contributed by atoms with Gasteiger partial charge in [0.25, 0.3) is 15.7 Å². The Bertz CT molecular complexity index is 1720. The number of carbonyl (C=O) groups is 2. The van der Waals surface area contributed by atoms with Gasteiger partial charge in [0.05, 0.1) is 23.6 Å². The number of hydrogen-bond donors (Lipinski definition) is 1. The number of ether oxygens (including phenoxy) is 1. The van der Waals surface area contributed by atoms with Gasteiger partial charge in [0.1, 0.15) is 23.8 Å². The van der Waals surface area contributed by atoms with Gasteiger partial charge in [-0.3, -0.25) is 23.5 Å². The minimum atomic E-state index is -4.26. The number of ketones is 2. The zero-order chi connectivity index (χ0) is 39.1. The number of carbonyl (C=O) groups excluding carboxylic acids is 2. The lowest BCUT2D eigenvalue weighted by Crippen LogP contribution is -2.59. The van der Waals surface area contributed by atoms with E-state index in [1.54, 1.807) is 6.92 Å². The lowest BCUT2D eigenvalue weighted by atomic mass is 9.89. The summed E-state index contributed by atoms with van der Waals surface area (Å²) < 4.78 is 54.8. The summed E-state index contributed by atoms with van der Waals surface area (Å²) in [4.78, 5) is 51.2. The minimum absolute atomic E-state index is 0.0735. The highest BCUT2D eigenvalue weighted by Gasteiger charge is 2.67. The Labute approximate surface area is 305 Å². The van der Waals surface area contributed by atoms with E-state index in [0.717, 1.165) is 16.4 Å². The van der Waals surface area contributed by atoms with Crippen molar-refractivity contribution in [2.24, 2.45) is 11.7 Å². The third-order valence-electron chi connectivity index (χ3n) is 11.3. The van der Waals surface area contributed by atoms with Gasteiger partial charge in [-0.1, -0.05) is 60.8 Å². The molecule has 0 saturated carbocycles. The molecule has 0 bridgehead atoms. The molecule has 3 heterocycles. The molecule has 2 unspecified atom stereocenters. The maximum atomic E-state index is 14.3. The van der Waals surface area contributed by atoms with Crippen molar-refractivity contribution in [3.63, 3.8) is 0 Å². The highest BCUT2D eigenvalue weighted by atomic mass is 32.2. The maximum Gasteiger partial charge on any atom is 0.333 e. The first-order valence-corrected chi connectivity index (χ1v) is 25.1. The second-order valence-electron chi connectivity index (χ2n) is 17.3. The Morgan fingerprint density at radius 1 is 0.961 bits per heavy atom. The summed E-state index contributed by atoms with van der Waals surface area (Å²) in [5.41, 5.74) is 3.84. The van der Waals surface area contributed by atoms with E-state index in [-0.39, 0.29) is 46.1 Å². The maximum absolute atomic E-state index is 14.3. The van der Waals surface area contributed by atoms with Gasteiger partial charge >= 0.3 is 5.69 Å². The molecule has 13 nitrogen and oxygen atoms in total. The Morgan fingerprint density at radius 2 is 1.51 bits per heavy atom. The van der Waals surface area contributed by atoms with Crippen molar-refractivity contribution in [1.29, 1.82) is 0 Å². The summed E-state index contributed by atoms with van der Waals surface area (Å²) in [6, 6.07) is 0. The van der Waals surface area contributed by atoms with Crippen LogP contribution in [0.2, 0.25) is 36.3 Å². The normalized spacial score (nSPS) is 24.0. The lowest BCUT2D eigenvalue weighted by Gasteiger charge is -2.43. The number of Topliss-reactive ketones (excluding diaryl/α,β-unsaturated/α-hetero) is 2. The van der Waals surface area contributed by atoms with Crippen LogP contribution in [0, 0.1) is 12.8 Å². The van der Waals surface area contributed by atoms with Crippen LogP contribution >= 0.6 is 0 Å². The predicted molar refractivity (Wildman–Crippen MR) is 202 cm³/mol. The van der Waals surface area contributed by atoms with Gasteiger partial charge in [0.2, 0.25) is 0 Å². The molecule has 1 spiro atoms. The predicted octanol–water partition coefficient (Wildman–Crippen LogP) is 5.27. The quantitative estimate of drug-likeness (QED) is 0.106. The van der Waals surface area contributed by atoms with Gasteiger partial charge in [-0.25, -0.2) is 8.98 Å². The van der Waals surface area contributed by atoms with Crippen LogP contribution in [0.15, 0.2) is 26.9 Å². The molecule has 16 heteroatoms. The highest BCUT2D eigenvalue weighted by Crippen LogP contribution is 2.52. The van der Waals surface area contributed by atoms with E-state index >= 15 is 0 Å². The number of hydrogen-bond acceptors (Lipinski definition) is 11. The van der Waals surface area contributed by atoms with E-state index in [1.165, 1.54) is 24.6 Å². The summed E-state index contributed by atoms with van der Waals surface area (Å²) in [7, 11) is -9.40. The first kappa shape index (κ1) is 43.2. The summed E-state index contributed by atoms with van der Waals surface area (Å²) in [5.74, 6) is -0.896. The molecule has 1 fully saturated rings. The third kappa shape index (κ3) is 9.12. The van der Waals surface area contributed by atoms with Gasteiger partial charge in [-0.2, -0.15) is 8.42 Å². The SMILES string of the molecule is CC(=O)C(CCCCCCn1c(=O)c(C)cn([C@@H]2OC(CO[Si](C)(C)C(C)(C)C)C3(OS(=O)(=O)C=C3N)[C@H]2O[Si](C)(C)C(C)(C)C)c1=O)C(C)=O. The van der Waals surface area contributed by atoms with Crippen molar-refractivity contribution >= 4 is 38.3 Å². The molecule has 0 aromatic carbocycles. The monoisotopic (exact) mass is 771 g/mol. The molecule has 1 aromatic rings. The average molecular weight is 772 g/mol. The van der Waals surface area contributed by atoms with Crippen molar-refractivity contribution in [3.05, 3.63) is 43.7 Å². The topological polar surface area (TPSA) is 175 Å². The van der Waals surface area contributed by atoms with Crippen LogP contribution in [0.1, 0.15) is 99.3 Å². The molecule has 3 rings (SSSR count). The second-order valence-corrected chi connectivity index (χ2v) is 28.2. The molecule has 51 heavy (non-hydrogen) atoms. The smallest absolute Gasteiger partial charge is 0.333 e. The number of unbranched alkanes of at least 4 members (excludes halogenated alkanes) is 3. The standard InChI is InChI=1S/C35H61N3O10SSi2/c1-23-20-38(32(42)37(30(23)41)19-17-15-14-16-18-26(24(2)39)25(3)40)31-29(47-51(12,13)34(7,8)9)35(27(36)22-49(43,44)48-35)28(46-31)21-45-50(10,11)33(4,5)6/h20,22,26,28-29,31H,14-19,21,36H2,1-13H3/t28?,29-,31+,35?/m0/s1. The Kier molecular flexibility index (Phi) is 12.9. The third-order valence-corrected chi connectivity index (χ3v) is 21.3. The van der Waals surface area contributed by atoms with Crippen LogP contribution in [0.5, 0.6) is 0 Å². The number of rotatable bonds is 15. The molecule has 0 aliphatic carbocycles. The van der Waals surface area contributed by atoms with Crippen LogP contribution in [-0.4, -0.2) is 70.2 Å². The van der Waals surface area contributed by atoms with Crippen LogP contribution in [0.4, 0.5) is 0 Å². The van der Waals surface area contributed by atoms with E-state index in [0.29, 0.717) is 25.7 Å². The molecule has 2 N–H and O–H groups in total. The minimum Gasteiger partial charge on any atom is -0.414 e. The lowest BCUT2D eigenvalue weighted by molar-refractivity contribution is -0.130. The zero-order valence-corrected chi connectivity index (χ0v) is 35.7. The van der Waals surface area contributed by atoms with Gasteiger partial charge in [-0.15, -0.1) is 0 Å². The van der Waals surface area contributed by atoms with Gasteiger partial charge < -0.3 is 19.3 Å². The van der Waals surface area contributed by atoms with E-state index in [4.69, 9.17) is 23.5 Å². The Balaban J connectivity index is 2.08. The summed E-state index contributed by atoms with van der Waals surface area (Å²) in [5, 5.41) is 0.369. The van der Waals surface area contributed by atoms with Crippen LogP contribution < -0.4 is 17.0 Å². The molecule has 1 aromatic heterocycles. The number of aryl methyl sites for hydroxylation is 1. The van der Waals surface area contributed by atoms with E-state index < -0.39 is 68.0 Å². The van der Waals surface area contributed by atoms with E-state index in [2.05, 4.69) is 33.9 Å². The molecular weight excluding hydrogens is 711 g/mol. The van der Waals surface area contributed by atoms with Gasteiger partial charge in [-0.05, 0) is 69.9 Å². The average Bonchev–Trinajstić information content (AvgIpc) is 3.39. The molecule has 0 amide bonds. The largest absolute Gasteiger partial charge is 0.414 e. The van der Waals surface area contributed by atoms with Crippen molar-refractivity contribution in [2.45, 2.75) is 161 Å². The molecule has 2 aliphatic heterocycles. The molecule has 4 atom stereocenters. The highest BCUT2D eigenvalue weighted by molar-refractivity contribution is 7.90. The molecule has 0 radical (unpaired) electrons. The summed E-state index contributed by atoms with van der Waals surface area (Å²) >= 11 is 0. The van der Waals surface area contributed by atoms with Crippen LogP contribution in [0.3, 0.4) is 0 Å². The second kappa shape index (κ2) is 15.3. The van der Waals surface area contributed by atoms with E-state index in [9.17, 15) is 27.6 Å². The molecule has 1 saturated heterocycles. The van der Waals surface area contributed by atoms with Crippen LogP contribution in [0.25, 0.3) is 0 Å².